The summed E-state index contributed by atoms with van der Waals surface area (Å²) >= 11 is 1.22. The summed E-state index contributed by atoms with van der Waals surface area (Å²) in [5.41, 5.74) is 1.05. The molecule has 1 aromatic heterocycles. The van der Waals surface area contributed by atoms with Gasteiger partial charge in [-0.3, -0.25) is 9.69 Å². The zero-order chi connectivity index (χ0) is 23.0. The normalized spacial score (nSPS) is 18.5. The first kappa shape index (κ1) is 24.5. The number of nitrogens with zero attached hydrogens (tertiary/aromatic N) is 3. The maximum absolute atomic E-state index is 12.7. The average Bonchev–Trinajstić information content (AvgIpc) is 2.82. The third kappa shape index (κ3) is 6.00. The molecule has 0 bridgehead atoms. The molecule has 1 aliphatic heterocycles. The smallest absolute Gasteiger partial charge is 0.340 e. The Morgan fingerprint density at radius 1 is 1.31 bits per heavy atom. The molecule has 0 atom stereocenters. The molecule has 9 heteroatoms. The fraction of sp³-hybridized carbons (Fsp3) is 0.652. The van der Waals surface area contributed by atoms with E-state index in [1.54, 1.807) is 13.8 Å². The molecule has 2 fully saturated rings. The number of nitriles is 1. The second-order valence-electron chi connectivity index (χ2n) is 8.26. The fourth-order valence-electron chi connectivity index (χ4n) is 4.49. The number of hydrogen-bond acceptors (Lipinski definition) is 8. The predicted molar refractivity (Wildman–Crippen MR) is 122 cm³/mol. The molecule has 1 aromatic rings. The third-order valence-corrected chi connectivity index (χ3v) is 7.21. The topological polar surface area (TPSA) is 105 Å². The number of rotatable bonds is 8. The SMILES string of the molecule is CCOC(=O)c1cc(C#N)c(SCC(=O)NCC2(N3CCOCC3)CCCCC2)nc1C. The first-order valence-corrected chi connectivity index (χ1v) is 12.3. The van der Waals surface area contributed by atoms with Crippen molar-refractivity contribution in [1.29, 1.82) is 5.26 Å². The van der Waals surface area contributed by atoms with E-state index in [9.17, 15) is 14.9 Å². The molecule has 0 spiro atoms. The maximum Gasteiger partial charge on any atom is 0.340 e. The van der Waals surface area contributed by atoms with Crippen LogP contribution in [0, 0.1) is 18.3 Å². The minimum absolute atomic E-state index is 0.0102. The first-order valence-electron chi connectivity index (χ1n) is 11.3. The highest BCUT2D eigenvalue weighted by Gasteiger charge is 2.38. The van der Waals surface area contributed by atoms with E-state index < -0.39 is 5.97 Å². The van der Waals surface area contributed by atoms with Gasteiger partial charge in [0.25, 0.3) is 0 Å². The van der Waals surface area contributed by atoms with Crippen LogP contribution in [-0.4, -0.2) is 72.5 Å². The Balaban J connectivity index is 1.61. The fourth-order valence-corrected chi connectivity index (χ4v) is 5.32. The Kier molecular flexibility index (Phi) is 8.91. The molecular weight excluding hydrogens is 428 g/mol. The molecule has 8 nitrogen and oxygen atoms in total. The van der Waals surface area contributed by atoms with Crippen molar-refractivity contribution in [3.63, 3.8) is 0 Å². The average molecular weight is 461 g/mol. The maximum atomic E-state index is 12.7. The Bertz CT molecular complexity index is 858. The van der Waals surface area contributed by atoms with Gasteiger partial charge < -0.3 is 14.8 Å². The Labute approximate surface area is 194 Å². The summed E-state index contributed by atoms with van der Waals surface area (Å²) in [6.07, 6.45) is 5.80. The van der Waals surface area contributed by atoms with Gasteiger partial charge in [-0.15, -0.1) is 0 Å². The summed E-state index contributed by atoms with van der Waals surface area (Å²) in [6, 6.07) is 3.57. The Morgan fingerprint density at radius 2 is 2.03 bits per heavy atom. The van der Waals surface area contributed by atoms with E-state index in [0.29, 0.717) is 17.3 Å². The van der Waals surface area contributed by atoms with E-state index in [4.69, 9.17) is 9.47 Å². The number of carbonyl (C=O) groups is 2. The molecule has 0 aromatic carbocycles. The first-order chi connectivity index (χ1) is 15.5. The lowest BCUT2D eigenvalue weighted by Gasteiger charge is -2.48. The number of nitrogens with one attached hydrogen (secondary N) is 1. The number of aryl methyl sites for hydroxylation is 1. The molecule has 0 radical (unpaired) electrons. The summed E-state index contributed by atoms with van der Waals surface area (Å²) in [5.74, 6) is -0.408. The lowest BCUT2D eigenvalue weighted by molar-refractivity contribution is -0.119. The van der Waals surface area contributed by atoms with Crippen LogP contribution < -0.4 is 5.32 Å². The van der Waals surface area contributed by atoms with Gasteiger partial charge in [0.2, 0.25) is 5.91 Å². The molecule has 1 saturated carbocycles. The van der Waals surface area contributed by atoms with Crippen molar-refractivity contribution in [2.45, 2.75) is 56.5 Å². The summed E-state index contributed by atoms with van der Waals surface area (Å²) in [4.78, 5) is 31.6. The van der Waals surface area contributed by atoms with Crippen LogP contribution in [0.4, 0.5) is 0 Å². The van der Waals surface area contributed by atoms with Crippen molar-refractivity contribution in [2.75, 3.05) is 45.2 Å². The van der Waals surface area contributed by atoms with Gasteiger partial charge in [-0.05, 0) is 32.8 Å². The summed E-state index contributed by atoms with van der Waals surface area (Å²) in [5, 5.41) is 13.1. The zero-order valence-corrected chi connectivity index (χ0v) is 19.8. The van der Waals surface area contributed by atoms with Gasteiger partial charge in [0.05, 0.1) is 42.4 Å². The van der Waals surface area contributed by atoms with Crippen LogP contribution in [-0.2, 0) is 14.3 Å². The Morgan fingerprint density at radius 3 is 2.69 bits per heavy atom. The number of amides is 1. The van der Waals surface area contributed by atoms with Crippen LogP contribution in [0.5, 0.6) is 0 Å². The number of aromatic nitrogens is 1. The second-order valence-corrected chi connectivity index (χ2v) is 9.22. The number of carbonyl (C=O) groups excluding carboxylic acids is 2. The number of ether oxygens (including phenoxy) is 2. The molecule has 2 aliphatic rings. The van der Waals surface area contributed by atoms with Gasteiger partial charge >= 0.3 is 5.97 Å². The van der Waals surface area contributed by atoms with Gasteiger partial charge in [0, 0.05) is 25.2 Å². The Hall–Kier alpha value is -2.15. The van der Waals surface area contributed by atoms with E-state index >= 15 is 0 Å². The quantitative estimate of drug-likeness (QED) is 0.466. The van der Waals surface area contributed by atoms with Crippen molar-refractivity contribution >= 4 is 23.6 Å². The van der Waals surface area contributed by atoms with E-state index in [0.717, 1.165) is 39.1 Å². The van der Waals surface area contributed by atoms with E-state index in [-0.39, 0.29) is 34.9 Å². The molecule has 174 valence electrons. The number of morpholine rings is 1. The summed E-state index contributed by atoms with van der Waals surface area (Å²) in [7, 11) is 0. The van der Waals surface area contributed by atoms with Crippen molar-refractivity contribution in [3.8, 4) is 6.07 Å². The number of hydrogen-bond donors (Lipinski definition) is 1. The van der Waals surface area contributed by atoms with Gasteiger partial charge in [-0.25, -0.2) is 9.78 Å². The molecule has 1 saturated heterocycles. The highest BCUT2D eigenvalue weighted by Crippen LogP contribution is 2.34. The zero-order valence-electron chi connectivity index (χ0n) is 18.9. The molecule has 2 heterocycles. The minimum atomic E-state index is -0.496. The van der Waals surface area contributed by atoms with Crippen molar-refractivity contribution in [1.82, 2.24) is 15.2 Å². The highest BCUT2D eigenvalue weighted by atomic mass is 32.2. The largest absolute Gasteiger partial charge is 0.462 e. The van der Waals surface area contributed by atoms with Crippen molar-refractivity contribution in [2.24, 2.45) is 0 Å². The molecule has 0 unspecified atom stereocenters. The van der Waals surface area contributed by atoms with Crippen molar-refractivity contribution in [3.05, 3.63) is 22.9 Å². The van der Waals surface area contributed by atoms with Crippen LogP contribution in [0.2, 0.25) is 0 Å². The monoisotopic (exact) mass is 460 g/mol. The van der Waals surface area contributed by atoms with Gasteiger partial charge in [0.15, 0.2) is 0 Å². The molecule has 1 aliphatic carbocycles. The number of esters is 1. The van der Waals surface area contributed by atoms with E-state index in [2.05, 4.69) is 21.3 Å². The second kappa shape index (κ2) is 11.6. The lowest BCUT2D eigenvalue weighted by Crippen LogP contribution is -2.59. The number of pyridine rings is 1. The molecule has 1 N–H and O–H groups in total. The summed E-state index contributed by atoms with van der Waals surface area (Å²) in [6.45, 7) is 7.62. The van der Waals surface area contributed by atoms with Crippen LogP contribution in [0.1, 0.15) is 60.6 Å². The predicted octanol–water partition coefficient (Wildman–Crippen LogP) is 2.68. The molecular formula is C23H32N4O4S. The van der Waals surface area contributed by atoms with E-state index in [1.165, 1.54) is 37.1 Å². The molecule has 3 rings (SSSR count). The lowest BCUT2D eigenvalue weighted by atomic mass is 9.79. The van der Waals surface area contributed by atoms with Gasteiger partial charge in [-0.1, -0.05) is 31.0 Å². The van der Waals surface area contributed by atoms with Gasteiger partial charge in [-0.2, -0.15) is 5.26 Å². The van der Waals surface area contributed by atoms with Crippen LogP contribution in [0.3, 0.4) is 0 Å². The van der Waals surface area contributed by atoms with Crippen LogP contribution in [0.15, 0.2) is 11.1 Å². The van der Waals surface area contributed by atoms with Crippen LogP contribution in [0.25, 0.3) is 0 Å². The van der Waals surface area contributed by atoms with Crippen molar-refractivity contribution < 1.29 is 19.1 Å². The van der Waals surface area contributed by atoms with Crippen LogP contribution >= 0.6 is 11.8 Å². The standard InChI is InChI=1S/C23H32N4O4S/c1-3-31-22(29)19-13-18(14-24)21(26-17(19)2)32-15-20(28)25-16-23(7-5-4-6-8-23)27-9-11-30-12-10-27/h13H,3-12,15-16H2,1-2H3,(H,25,28). The highest BCUT2D eigenvalue weighted by molar-refractivity contribution is 8.00. The number of thioether (sulfide) groups is 1. The van der Waals surface area contributed by atoms with E-state index in [1.807, 2.05) is 0 Å². The summed E-state index contributed by atoms with van der Waals surface area (Å²) < 4.78 is 10.5. The third-order valence-electron chi connectivity index (χ3n) is 6.21. The molecule has 32 heavy (non-hydrogen) atoms. The minimum Gasteiger partial charge on any atom is -0.462 e. The molecule has 1 amide bonds. The van der Waals surface area contributed by atoms with Gasteiger partial charge in [0.1, 0.15) is 11.1 Å².